The van der Waals surface area contributed by atoms with Crippen molar-refractivity contribution in [2.45, 2.75) is 44.7 Å². The molecule has 3 N–H and O–H groups in total. The van der Waals surface area contributed by atoms with Crippen LogP contribution in [0.4, 0.5) is 0 Å². The molecule has 2 aromatic heterocycles. The lowest BCUT2D eigenvalue weighted by Gasteiger charge is -2.15. The molecule has 0 radical (unpaired) electrons. The van der Waals surface area contributed by atoms with Gasteiger partial charge in [-0.05, 0) is 20.3 Å². The highest BCUT2D eigenvalue weighted by Gasteiger charge is 2.29. The Bertz CT molecular complexity index is 705. The summed E-state index contributed by atoms with van der Waals surface area (Å²) in [6, 6.07) is -0.352. The first-order valence-electron chi connectivity index (χ1n) is 6.61. The first-order chi connectivity index (χ1) is 9.90. The minimum atomic E-state index is -3.71. The van der Waals surface area contributed by atoms with Gasteiger partial charge in [0.05, 0.1) is 6.04 Å². The van der Waals surface area contributed by atoms with E-state index in [-0.39, 0.29) is 17.5 Å². The lowest BCUT2D eigenvalue weighted by atomic mass is 10.2. The van der Waals surface area contributed by atoms with Gasteiger partial charge in [0.15, 0.2) is 0 Å². The van der Waals surface area contributed by atoms with Crippen molar-refractivity contribution in [3.63, 3.8) is 0 Å². The van der Waals surface area contributed by atoms with Gasteiger partial charge in [-0.25, -0.2) is 18.1 Å². The third-order valence-electron chi connectivity index (χ3n) is 3.25. The summed E-state index contributed by atoms with van der Waals surface area (Å²) in [5, 5.41) is 2.57. The molecule has 8 heteroatoms. The molecule has 2 rings (SSSR count). The summed E-state index contributed by atoms with van der Waals surface area (Å²) < 4.78 is 33.4. The Labute approximate surface area is 128 Å². The van der Waals surface area contributed by atoms with Crippen LogP contribution in [0.2, 0.25) is 0 Å². The highest BCUT2D eigenvalue weighted by atomic mass is 32.2. The molecule has 6 nitrogen and oxygen atoms in total. The quantitative estimate of drug-likeness (QED) is 0.847. The van der Waals surface area contributed by atoms with Crippen LogP contribution in [0.5, 0.6) is 0 Å². The second-order valence-electron chi connectivity index (χ2n) is 4.68. The van der Waals surface area contributed by atoms with Gasteiger partial charge in [0.1, 0.15) is 21.4 Å². The molecule has 0 aliphatic heterocycles. The van der Waals surface area contributed by atoms with Gasteiger partial charge >= 0.3 is 0 Å². The summed E-state index contributed by atoms with van der Waals surface area (Å²) in [4.78, 5) is 4.33. The summed E-state index contributed by atoms with van der Waals surface area (Å²) in [5.41, 5.74) is 6.18. The molecule has 0 aromatic carbocycles. The van der Waals surface area contributed by atoms with E-state index < -0.39 is 10.0 Å². The summed E-state index contributed by atoms with van der Waals surface area (Å²) in [6.07, 6.45) is 2.27. The van der Waals surface area contributed by atoms with Gasteiger partial charge in [0.25, 0.3) is 0 Å². The van der Waals surface area contributed by atoms with Crippen LogP contribution in [-0.2, 0) is 16.6 Å². The van der Waals surface area contributed by atoms with E-state index in [1.165, 1.54) is 11.3 Å². The third-order valence-corrected chi connectivity index (χ3v) is 5.81. The maximum Gasteiger partial charge on any atom is 0.245 e. The van der Waals surface area contributed by atoms with Crippen LogP contribution < -0.4 is 10.5 Å². The minimum absolute atomic E-state index is 0.119. The zero-order chi connectivity index (χ0) is 15.6. The van der Waals surface area contributed by atoms with Crippen LogP contribution in [-0.4, -0.2) is 13.4 Å². The first-order valence-corrected chi connectivity index (χ1v) is 8.97. The molecule has 0 amide bonds. The molecule has 1 atom stereocenters. The Kier molecular flexibility index (Phi) is 4.82. The molecule has 0 aliphatic carbocycles. The van der Waals surface area contributed by atoms with Crippen LogP contribution in [0, 0.1) is 13.8 Å². The Morgan fingerprint density at radius 1 is 1.43 bits per heavy atom. The number of nitrogens with one attached hydrogen (secondary N) is 1. The van der Waals surface area contributed by atoms with Crippen LogP contribution >= 0.6 is 11.3 Å². The minimum Gasteiger partial charge on any atom is -0.465 e. The third kappa shape index (κ3) is 3.18. The number of aromatic nitrogens is 1. The van der Waals surface area contributed by atoms with Gasteiger partial charge in [0.2, 0.25) is 10.0 Å². The van der Waals surface area contributed by atoms with Gasteiger partial charge in [0, 0.05) is 23.7 Å². The summed E-state index contributed by atoms with van der Waals surface area (Å²) in [6.45, 7) is 5.37. The van der Waals surface area contributed by atoms with Gasteiger partial charge in [-0.3, -0.25) is 0 Å². The van der Waals surface area contributed by atoms with E-state index in [9.17, 15) is 8.42 Å². The molecule has 0 fully saturated rings. The van der Waals surface area contributed by atoms with E-state index in [4.69, 9.17) is 10.2 Å². The number of nitrogens with two attached hydrogens (primary N) is 1. The van der Waals surface area contributed by atoms with Crippen molar-refractivity contribution in [3.05, 3.63) is 33.7 Å². The van der Waals surface area contributed by atoms with E-state index in [2.05, 4.69) is 9.71 Å². The highest BCUT2D eigenvalue weighted by Crippen LogP contribution is 2.28. The fourth-order valence-corrected chi connectivity index (χ4v) is 4.85. The van der Waals surface area contributed by atoms with E-state index in [0.29, 0.717) is 23.5 Å². The number of sulfonamides is 1. The molecular formula is C13H19N3O3S2. The van der Waals surface area contributed by atoms with E-state index >= 15 is 0 Å². The molecule has 0 saturated carbocycles. The first kappa shape index (κ1) is 16.2. The summed E-state index contributed by atoms with van der Waals surface area (Å²) in [5.74, 6) is 0.895. The normalized spacial score (nSPS) is 13.5. The largest absolute Gasteiger partial charge is 0.465 e. The highest BCUT2D eigenvalue weighted by molar-refractivity contribution is 7.89. The van der Waals surface area contributed by atoms with Gasteiger partial charge in [-0.2, -0.15) is 0 Å². The van der Waals surface area contributed by atoms with Crippen LogP contribution in [0.25, 0.3) is 0 Å². The van der Waals surface area contributed by atoms with Gasteiger partial charge in [-0.15, -0.1) is 11.3 Å². The number of aryl methyl sites for hydroxylation is 2. The lowest BCUT2D eigenvalue weighted by Crippen LogP contribution is -2.29. The SMILES string of the molecule is CCC(NS(=O)(=O)c1c(C)oc(C)c1CN)c1nccs1. The van der Waals surface area contributed by atoms with Crippen molar-refractivity contribution >= 4 is 21.4 Å². The molecule has 2 heterocycles. The molecule has 0 saturated heterocycles. The summed E-state index contributed by atoms with van der Waals surface area (Å²) in [7, 11) is -3.71. The number of furan rings is 1. The molecule has 0 aliphatic rings. The number of hydrogen-bond donors (Lipinski definition) is 2. The second-order valence-corrected chi connectivity index (χ2v) is 7.26. The van der Waals surface area contributed by atoms with Crippen molar-refractivity contribution in [1.29, 1.82) is 0 Å². The predicted octanol–water partition coefficient (Wildman–Crippen LogP) is 2.24. The molecule has 0 bridgehead atoms. The Morgan fingerprint density at radius 3 is 2.67 bits per heavy atom. The number of thiazole rings is 1. The standard InChI is InChI=1S/C13H19N3O3S2/c1-4-11(13-15-5-6-20-13)16-21(17,18)12-9(3)19-8(2)10(12)7-14/h5-6,11,16H,4,7,14H2,1-3H3. The average molecular weight is 329 g/mol. The maximum absolute atomic E-state index is 12.7. The zero-order valence-electron chi connectivity index (χ0n) is 12.2. The van der Waals surface area contributed by atoms with E-state index in [0.717, 1.165) is 5.01 Å². The Morgan fingerprint density at radius 2 is 2.14 bits per heavy atom. The smallest absolute Gasteiger partial charge is 0.245 e. The van der Waals surface area contributed by atoms with Crippen molar-refractivity contribution in [3.8, 4) is 0 Å². The lowest BCUT2D eigenvalue weighted by molar-refractivity contribution is 0.492. The van der Waals surface area contributed by atoms with Crippen LogP contribution in [0.1, 0.15) is 41.5 Å². The van der Waals surface area contributed by atoms with E-state index in [1.54, 1.807) is 20.0 Å². The molecule has 0 spiro atoms. The molecular weight excluding hydrogens is 310 g/mol. The number of rotatable bonds is 6. The zero-order valence-corrected chi connectivity index (χ0v) is 13.8. The summed E-state index contributed by atoms with van der Waals surface area (Å²) >= 11 is 1.42. The number of nitrogens with zero attached hydrogens (tertiary/aromatic N) is 1. The number of hydrogen-bond acceptors (Lipinski definition) is 6. The Hall–Kier alpha value is -1.22. The second kappa shape index (κ2) is 6.27. The monoisotopic (exact) mass is 329 g/mol. The van der Waals surface area contributed by atoms with Crippen molar-refractivity contribution in [2.75, 3.05) is 0 Å². The fourth-order valence-electron chi connectivity index (χ4n) is 2.26. The maximum atomic E-state index is 12.7. The van der Waals surface area contributed by atoms with Gasteiger partial charge in [-0.1, -0.05) is 6.92 Å². The predicted molar refractivity (Wildman–Crippen MR) is 81.5 cm³/mol. The topological polar surface area (TPSA) is 98.2 Å². The molecule has 21 heavy (non-hydrogen) atoms. The van der Waals surface area contributed by atoms with Crippen LogP contribution in [0.15, 0.2) is 20.9 Å². The molecule has 116 valence electrons. The van der Waals surface area contributed by atoms with Gasteiger partial charge < -0.3 is 10.2 Å². The van der Waals surface area contributed by atoms with Crippen LogP contribution in [0.3, 0.4) is 0 Å². The van der Waals surface area contributed by atoms with Crippen molar-refractivity contribution < 1.29 is 12.8 Å². The van der Waals surface area contributed by atoms with Crippen molar-refractivity contribution in [1.82, 2.24) is 9.71 Å². The fraction of sp³-hybridized carbons (Fsp3) is 0.462. The average Bonchev–Trinajstić information content (AvgIpc) is 3.03. The van der Waals surface area contributed by atoms with E-state index in [1.807, 2.05) is 12.3 Å². The van der Waals surface area contributed by atoms with Crippen molar-refractivity contribution in [2.24, 2.45) is 5.73 Å². The molecule has 1 unspecified atom stereocenters. The molecule has 2 aromatic rings. The Balaban J connectivity index is 2.39.